The van der Waals surface area contributed by atoms with E-state index in [-0.39, 0.29) is 11.3 Å². The van der Waals surface area contributed by atoms with Crippen LogP contribution in [0.2, 0.25) is 0 Å². The molecule has 0 saturated carbocycles. The summed E-state index contributed by atoms with van der Waals surface area (Å²) in [6, 6.07) is 7.17. The number of carbonyl (C=O) groups excluding carboxylic acids is 1. The zero-order valence-electron chi connectivity index (χ0n) is 15.4. The van der Waals surface area contributed by atoms with Crippen molar-refractivity contribution < 1.29 is 4.79 Å². The van der Waals surface area contributed by atoms with E-state index < -0.39 is 0 Å². The Morgan fingerprint density at radius 2 is 2.31 bits per heavy atom. The topological polar surface area (TPSA) is 45.2 Å². The minimum absolute atomic E-state index is 0.214. The summed E-state index contributed by atoms with van der Waals surface area (Å²) in [5, 5.41) is 7.62. The molecule has 4 rings (SSSR count). The summed E-state index contributed by atoms with van der Waals surface area (Å²) < 4.78 is 0. The van der Waals surface area contributed by atoms with Crippen molar-refractivity contribution in [3.8, 4) is 0 Å². The molecule has 0 unspecified atom stereocenters. The van der Waals surface area contributed by atoms with Crippen molar-refractivity contribution in [1.82, 2.24) is 15.2 Å². The molecule has 2 aromatic rings. The average molecular weight is 370 g/mol. The molecule has 0 spiro atoms. The minimum Gasteiger partial charge on any atom is -0.355 e. The first-order valence-electron chi connectivity index (χ1n) is 9.67. The van der Waals surface area contributed by atoms with Gasteiger partial charge in [0, 0.05) is 37.6 Å². The number of fused-ring (bicyclic) bond motifs is 2. The predicted octanol–water partition coefficient (Wildman–Crippen LogP) is 3.64. The van der Waals surface area contributed by atoms with E-state index in [1.54, 1.807) is 17.5 Å². The van der Waals surface area contributed by atoms with Crippen LogP contribution >= 0.6 is 11.3 Å². The Bertz CT molecular complexity index is 733. The molecule has 4 nitrogen and oxygen atoms in total. The van der Waals surface area contributed by atoms with Crippen molar-refractivity contribution in [3.05, 3.63) is 52.5 Å². The van der Waals surface area contributed by atoms with Gasteiger partial charge in [-0.05, 0) is 66.1 Å². The second-order valence-electron chi connectivity index (χ2n) is 7.63. The van der Waals surface area contributed by atoms with Gasteiger partial charge < -0.3 is 5.32 Å². The summed E-state index contributed by atoms with van der Waals surface area (Å²) in [4.78, 5) is 19.9. The monoisotopic (exact) mass is 369 g/mol. The normalized spacial score (nSPS) is 27.7. The van der Waals surface area contributed by atoms with Crippen LogP contribution in [0.5, 0.6) is 0 Å². The van der Waals surface area contributed by atoms with Crippen LogP contribution in [0.15, 0.2) is 41.4 Å². The van der Waals surface area contributed by atoms with Gasteiger partial charge in [-0.2, -0.15) is 11.3 Å². The smallest absolute Gasteiger partial charge is 0.227 e. The van der Waals surface area contributed by atoms with E-state index in [0.717, 1.165) is 32.2 Å². The lowest BCUT2D eigenvalue weighted by molar-refractivity contribution is -0.133. The Labute approximate surface area is 159 Å². The summed E-state index contributed by atoms with van der Waals surface area (Å²) in [6.45, 7) is 3.86. The maximum atomic E-state index is 13.2. The largest absolute Gasteiger partial charge is 0.355 e. The maximum Gasteiger partial charge on any atom is 0.227 e. The lowest BCUT2D eigenvalue weighted by Gasteiger charge is -2.35. The van der Waals surface area contributed by atoms with Gasteiger partial charge in [-0.15, -0.1) is 0 Å². The third-order valence-corrected chi connectivity index (χ3v) is 7.06. The lowest BCUT2D eigenvalue weighted by Crippen LogP contribution is -2.49. The van der Waals surface area contributed by atoms with E-state index in [9.17, 15) is 4.79 Å². The summed E-state index contributed by atoms with van der Waals surface area (Å²) in [5.41, 5.74) is 2.34. The Kier molecular flexibility index (Phi) is 5.09. The van der Waals surface area contributed by atoms with E-state index >= 15 is 0 Å². The van der Waals surface area contributed by atoms with Crippen LogP contribution in [0.4, 0.5) is 0 Å². The fourth-order valence-electron chi connectivity index (χ4n) is 4.97. The first-order valence-corrected chi connectivity index (χ1v) is 10.6. The highest BCUT2D eigenvalue weighted by molar-refractivity contribution is 7.07. The van der Waals surface area contributed by atoms with E-state index in [4.69, 9.17) is 0 Å². The van der Waals surface area contributed by atoms with Gasteiger partial charge in [-0.1, -0.05) is 13.0 Å². The molecule has 2 fully saturated rings. The molecule has 0 aliphatic carbocycles. The molecule has 1 amide bonds. The lowest BCUT2D eigenvalue weighted by atomic mass is 9.71. The Morgan fingerprint density at radius 3 is 3.04 bits per heavy atom. The van der Waals surface area contributed by atoms with Crippen molar-refractivity contribution in [2.24, 2.45) is 5.41 Å². The standard InChI is InChI=1S/C21H27N3OS/c1-2-21(20(25)23-10-7-16-4-3-9-22-13-16)12-18-5-6-19(21)24(18)14-17-8-11-26-15-17/h3-4,8-9,11,13,15,18-19H,2,5-7,10,12,14H2,1H3,(H,23,25)/t18-,19+,21+/m0/s1. The second kappa shape index (κ2) is 7.49. The predicted molar refractivity (Wildman–Crippen MR) is 105 cm³/mol. The molecule has 2 aliphatic rings. The van der Waals surface area contributed by atoms with Gasteiger partial charge in [-0.25, -0.2) is 0 Å². The Balaban J connectivity index is 1.41. The highest BCUT2D eigenvalue weighted by atomic mass is 32.1. The van der Waals surface area contributed by atoms with Gasteiger partial charge in [0.1, 0.15) is 0 Å². The van der Waals surface area contributed by atoms with Crippen molar-refractivity contribution in [1.29, 1.82) is 0 Å². The number of nitrogens with one attached hydrogen (secondary N) is 1. The minimum atomic E-state index is -0.214. The Hall–Kier alpha value is -1.72. The summed E-state index contributed by atoms with van der Waals surface area (Å²) in [5.74, 6) is 0.256. The van der Waals surface area contributed by atoms with Crippen molar-refractivity contribution >= 4 is 17.2 Å². The van der Waals surface area contributed by atoms with Gasteiger partial charge >= 0.3 is 0 Å². The van der Waals surface area contributed by atoms with Crippen LogP contribution in [-0.2, 0) is 17.8 Å². The van der Waals surface area contributed by atoms with E-state index in [1.807, 2.05) is 12.3 Å². The molecule has 2 aromatic heterocycles. The Morgan fingerprint density at radius 1 is 1.38 bits per heavy atom. The number of aromatic nitrogens is 1. The molecule has 0 aromatic carbocycles. The maximum absolute atomic E-state index is 13.2. The van der Waals surface area contributed by atoms with Gasteiger partial charge in [0.15, 0.2) is 0 Å². The van der Waals surface area contributed by atoms with Crippen molar-refractivity contribution in [2.75, 3.05) is 6.54 Å². The van der Waals surface area contributed by atoms with Crippen molar-refractivity contribution in [3.63, 3.8) is 0 Å². The second-order valence-corrected chi connectivity index (χ2v) is 8.41. The third kappa shape index (κ3) is 3.19. The van der Waals surface area contributed by atoms with Crippen LogP contribution in [-0.4, -0.2) is 34.4 Å². The van der Waals surface area contributed by atoms with E-state index in [1.165, 1.54) is 17.5 Å². The van der Waals surface area contributed by atoms with Gasteiger partial charge in [0.05, 0.1) is 5.41 Å². The van der Waals surface area contributed by atoms with Crippen LogP contribution in [0.25, 0.3) is 0 Å². The van der Waals surface area contributed by atoms with Gasteiger partial charge in [-0.3, -0.25) is 14.7 Å². The molecule has 2 saturated heterocycles. The number of pyridine rings is 1. The SMILES string of the molecule is CC[C@@]1(C(=O)NCCc2cccnc2)C[C@@H]2CC[C@H]1N2Cc1ccsc1. The molecule has 5 heteroatoms. The number of rotatable bonds is 7. The molecule has 2 aliphatic heterocycles. The number of hydrogen-bond acceptors (Lipinski definition) is 4. The molecule has 0 radical (unpaired) electrons. The number of carbonyl (C=O) groups is 1. The number of nitrogens with zero attached hydrogens (tertiary/aromatic N) is 2. The van der Waals surface area contributed by atoms with Gasteiger partial charge in [0.2, 0.25) is 5.91 Å². The zero-order chi connectivity index (χ0) is 18.0. The molecule has 2 bridgehead atoms. The number of thiophene rings is 1. The van der Waals surface area contributed by atoms with Crippen LogP contribution in [0.3, 0.4) is 0 Å². The highest BCUT2D eigenvalue weighted by Crippen LogP contribution is 2.52. The molecule has 1 N–H and O–H groups in total. The average Bonchev–Trinajstić information content (AvgIpc) is 3.39. The first-order chi connectivity index (χ1) is 12.7. The fraction of sp³-hybridized carbons (Fsp3) is 0.524. The molecule has 4 heterocycles. The summed E-state index contributed by atoms with van der Waals surface area (Å²) in [6.07, 6.45) is 8.82. The summed E-state index contributed by atoms with van der Waals surface area (Å²) >= 11 is 1.76. The van der Waals surface area contributed by atoms with Gasteiger partial charge in [0.25, 0.3) is 0 Å². The quantitative estimate of drug-likeness (QED) is 0.810. The summed E-state index contributed by atoms with van der Waals surface area (Å²) in [7, 11) is 0. The molecular formula is C21H27N3OS. The van der Waals surface area contributed by atoms with Crippen LogP contribution in [0.1, 0.15) is 43.7 Å². The van der Waals surface area contributed by atoms with E-state index in [2.05, 4.69) is 45.0 Å². The number of hydrogen-bond donors (Lipinski definition) is 1. The van der Waals surface area contributed by atoms with E-state index in [0.29, 0.717) is 18.6 Å². The molecule has 138 valence electrons. The fourth-order valence-corrected chi connectivity index (χ4v) is 5.63. The van der Waals surface area contributed by atoms with Crippen LogP contribution < -0.4 is 5.32 Å². The van der Waals surface area contributed by atoms with Crippen molar-refractivity contribution in [2.45, 2.75) is 57.7 Å². The zero-order valence-corrected chi connectivity index (χ0v) is 16.2. The first kappa shape index (κ1) is 17.7. The molecule has 26 heavy (non-hydrogen) atoms. The van der Waals surface area contributed by atoms with Crippen LogP contribution in [0, 0.1) is 5.41 Å². The third-order valence-electron chi connectivity index (χ3n) is 6.33. The highest BCUT2D eigenvalue weighted by Gasteiger charge is 2.58. The number of amides is 1. The molecular weight excluding hydrogens is 342 g/mol. The molecule has 3 atom stereocenters.